The van der Waals surface area contributed by atoms with Gasteiger partial charge in [-0.2, -0.15) is 0 Å². The Morgan fingerprint density at radius 3 is 3.00 bits per heavy atom. The molecule has 0 aliphatic carbocycles. The largest absolute Gasteiger partial charge is 0.338 e. The van der Waals surface area contributed by atoms with E-state index in [1.54, 1.807) is 6.20 Å². The van der Waals surface area contributed by atoms with E-state index in [4.69, 9.17) is 0 Å². The molecule has 1 unspecified atom stereocenters. The first kappa shape index (κ1) is 15.2. The summed E-state index contributed by atoms with van der Waals surface area (Å²) in [5.41, 5.74) is 2.12. The smallest absolute Gasteiger partial charge is 0.265 e. The summed E-state index contributed by atoms with van der Waals surface area (Å²) in [4.78, 5) is 24.1. The van der Waals surface area contributed by atoms with Gasteiger partial charge in [0.1, 0.15) is 4.88 Å². The summed E-state index contributed by atoms with van der Waals surface area (Å²) < 4.78 is 0. The zero-order chi connectivity index (χ0) is 15.5. The fourth-order valence-electron chi connectivity index (χ4n) is 3.14. The summed E-state index contributed by atoms with van der Waals surface area (Å²) in [7, 11) is 0. The second kappa shape index (κ2) is 6.57. The van der Waals surface area contributed by atoms with Crippen LogP contribution in [0.3, 0.4) is 0 Å². The fraction of sp³-hybridized carbons (Fsp3) is 0.471. The van der Waals surface area contributed by atoms with E-state index in [1.807, 2.05) is 31.0 Å². The topological polar surface area (TPSA) is 46.1 Å². The Morgan fingerprint density at radius 1 is 1.45 bits per heavy atom. The molecule has 2 aromatic rings. The van der Waals surface area contributed by atoms with Crippen molar-refractivity contribution in [3.8, 4) is 0 Å². The number of hydrogen-bond acceptors (Lipinski definition) is 4. The Balaban J connectivity index is 1.68. The van der Waals surface area contributed by atoms with Crippen molar-refractivity contribution >= 4 is 17.2 Å². The molecule has 3 heterocycles. The van der Waals surface area contributed by atoms with Gasteiger partial charge in [0, 0.05) is 25.5 Å². The van der Waals surface area contributed by atoms with Crippen molar-refractivity contribution in [3.63, 3.8) is 0 Å². The number of piperidine rings is 1. The highest BCUT2D eigenvalue weighted by Gasteiger charge is 2.26. The molecule has 1 aliphatic heterocycles. The number of nitrogens with zero attached hydrogens (tertiary/aromatic N) is 3. The van der Waals surface area contributed by atoms with Gasteiger partial charge in [0.15, 0.2) is 0 Å². The minimum Gasteiger partial charge on any atom is -0.338 e. The van der Waals surface area contributed by atoms with Crippen molar-refractivity contribution in [3.05, 3.63) is 45.7 Å². The molecule has 1 aliphatic rings. The quantitative estimate of drug-likeness (QED) is 0.873. The summed E-state index contributed by atoms with van der Waals surface area (Å²) in [5.74, 6) is 0.676. The first-order chi connectivity index (χ1) is 10.6. The van der Waals surface area contributed by atoms with Gasteiger partial charge < -0.3 is 4.90 Å². The SMILES string of the molecule is Cc1nc(C)c(C(=O)N2CCCC(Cc3cccnc3)C2)s1. The Morgan fingerprint density at radius 2 is 2.32 bits per heavy atom. The number of likely N-dealkylation sites (tertiary alicyclic amines) is 1. The first-order valence-electron chi connectivity index (χ1n) is 7.75. The third kappa shape index (κ3) is 3.35. The Hall–Kier alpha value is -1.75. The summed E-state index contributed by atoms with van der Waals surface area (Å²) in [6.45, 7) is 5.58. The van der Waals surface area contributed by atoms with Crippen LogP contribution in [0.25, 0.3) is 0 Å². The van der Waals surface area contributed by atoms with Crippen molar-refractivity contribution in [2.75, 3.05) is 13.1 Å². The molecule has 1 atom stereocenters. The summed E-state index contributed by atoms with van der Waals surface area (Å²) in [6.07, 6.45) is 6.98. The maximum Gasteiger partial charge on any atom is 0.265 e. The van der Waals surface area contributed by atoms with Crippen molar-refractivity contribution in [1.82, 2.24) is 14.9 Å². The Bertz CT molecular complexity index is 653. The van der Waals surface area contributed by atoms with Crippen LogP contribution in [0.5, 0.6) is 0 Å². The van der Waals surface area contributed by atoms with E-state index < -0.39 is 0 Å². The van der Waals surface area contributed by atoms with Crippen LogP contribution < -0.4 is 0 Å². The van der Waals surface area contributed by atoms with Gasteiger partial charge in [0.25, 0.3) is 5.91 Å². The summed E-state index contributed by atoms with van der Waals surface area (Å²) in [5, 5.41) is 0.963. The van der Waals surface area contributed by atoms with E-state index in [2.05, 4.69) is 16.0 Å². The van der Waals surface area contributed by atoms with Crippen LogP contribution in [-0.2, 0) is 6.42 Å². The van der Waals surface area contributed by atoms with Crippen molar-refractivity contribution in [1.29, 1.82) is 0 Å². The van der Waals surface area contributed by atoms with Gasteiger partial charge >= 0.3 is 0 Å². The molecule has 0 spiro atoms. The van der Waals surface area contributed by atoms with Gasteiger partial charge in [0.2, 0.25) is 0 Å². The number of pyridine rings is 1. The number of aromatic nitrogens is 2. The molecular formula is C17H21N3OS. The van der Waals surface area contributed by atoms with Gasteiger partial charge in [-0.1, -0.05) is 6.07 Å². The van der Waals surface area contributed by atoms with Crippen LogP contribution in [0.15, 0.2) is 24.5 Å². The normalized spacial score (nSPS) is 18.5. The molecule has 0 bridgehead atoms. The molecule has 0 radical (unpaired) electrons. The second-order valence-electron chi connectivity index (χ2n) is 5.97. The predicted octanol–water partition coefficient (Wildman–Crippen LogP) is 3.25. The lowest BCUT2D eigenvalue weighted by Gasteiger charge is -2.32. The van der Waals surface area contributed by atoms with E-state index in [0.29, 0.717) is 5.92 Å². The van der Waals surface area contributed by atoms with E-state index in [-0.39, 0.29) is 5.91 Å². The zero-order valence-electron chi connectivity index (χ0n) is 13.1. The average Bonchev–Trinajstić information content (AvgIpc) is 2.86. The molecule has 2 aromatic heterocycles. The van der Waals surface area contributed by atoms with Crippen molar-refractivity contribution in [2.24, 2.45) is 5.92 Å². The van der Waals surface area contributed by atoms with Crippen LogP contribution >= 0.6 is 11.3 Å². The molecule has 0 aromatic carbocycles. The number of rotatable bonds is 3. The van der Waals surface area contributed by atoms with Gasteiger partial charge in [0.05, 0.1) is 10.7 Å². The van der Waals surface area contributed by atoms with E-state index >= 15 is 0 Å². The zero-order valence-corrected chi connectivity index (χ0v) is 13.9. The van der Waals surface area contributed by atoms with Crippen LogP contribution in [0.1, 0.15) is 38.8 Å². The Labute approximate surface area is 135 Å². The number of carbonyl (C=O) groups is 1. The van der Waals surface area contributed by atoms with Crippen LogP contribution in [0.4, 0.5) is 0 Å². The van der Waals surface area contributed by atoms with Crippen molar-refractivity contribution in [2.45, 2.75) is 33.1 Å². The maximum absolute atomic E-state index is 12.7. The van der Waals surface area contributed by atoms with Crippen LogP contribution in [-0.4, -0.2) is 33.9 Å². The highest BCUT2D eigenvalue weighted by atomic mass is 32.1. The van der Waals surface area contributed by atoms with Crippen LogP contribution in [0, 0.1) is 19.8 Å². The molecule has 1 fully saturated rings. The van der Waals surface area contributed by atoms with E-state index in [9.17, 15) is 4.79 Å². The number of amides is 1. The molecule has 1 saturated heterocycles. The third-order valence-electron chi connectivity index (χ3n) is 4.15. The molecule has 1 amide bonds. The molecule has 5 heteroatoms. The van der Waals surface area contributed by atoms with Gasteiger partial charge in [-0.3, -0.25) is 9.78 Å². The second-order valence-corrected chi connectivity index (χ2v) is 7.18. The highest BCUT2D eigenvalue weighted by Crippen LogP contribution is 2.25. The number of carbonyl (C=O) groups excluding carboxylic acids is 1. The van der Waals surface area contributed by atoms with Crippen molar-refractivity contribution < 1.29 is 4.79 Å². The molecular weight excluding hydrogens is 294 g/mol. The van der Waals surface area contributed by atoms with Crippen LogP contribution in [0.2, 0.25) is 0 Å². The van der Waals surface area contributed by atoms with Gasteiger partial charge in [-0.15, -0.1) is 11.3 Å². The Kier molecular flexibility index (Phi) is 4.52. The number of aryl methyl sites for hydroxylation is 2. The molecule has 22 heavy (non-hydrogen) atoms. The predicted molar refractivity (Wildman–Crippen MR) is 88.2 cm³/mol. The lowest BCUT2D eigenvalue weighted by molar-refractivity contribution is 0.0677. The lowest BCUT2D eigenvalue weighted by atomic mass is 9.92. The van der Waals surface area contributed by atoms with E-state index in [1.165, 1.54) is 23.3 Å². The van der Waals surface area contributed by atoms with E-state index in [0.717, 1.165) is 41.5 Å². The molecule has 0 saturated carbocycles. The lowest BCUT2D eigenvalue weighted by Crippen LogP contribution is -2.40. The third-order valence-corrected chi connectivity index (χ3v) is 5.21. The minimum atomic E-state index is 0.152. The molecule has 0 N–H and O–H groups in total. The highest BCUT2D eigenvalue weighted by molar-refractivity contribution is 7.13. The van der Waals surface area contributed by atoms with Gasteiger partial charge in [-0.25, -0.2) is 4.98 Å². The fourth-order valence-corrected chi connectivity index (χ4v) is 4.03. The average molecular weight is 315 g/mol. The molecule has 4 nitrogen and oxygen atoms in total. The summed E-state index contributed by atoms with van der Waals surface area (Å²) in [6, 6.07) is 4.09. The summed E-state index contributed by atoms with van der Waals surface area (Å²) >= 11 is 1.51. The minimum absolute atomic E-state index is 0.152. The monoisotopic (exact) mass is 315 g/mol. The number of hydrogen-bond donors (Lipinski definition) is 0. The molecule has 3 rings (SSSR count). The van der Waals surface area contributed by atoms with Gasteiger partial charge in [-0.05, 0) is 50.7 Å². The standard InChI is InChI=1S/C17H21N3OS/c1-12-16(22-13(2)19-12)17(21)20-8-4-6-15(11-20)9-14-5-3-7-18-10-14/h3,5,7,10,15H,4,6,8-9,11H2,1-2H3. The maximum atomic E-state index is 12.7. The number of thiazole rings is 1. The molecule has 116 valence electrons. The first-order valence-corrected chi connectivity index (χ1v) is 8.57.